The number of rotatable bonds is 1. The van der Waals surface area contributed by atoms with Crippen LogP contribution in [0.5, 0.6) is 0 Å². The van der Waals surface area contributed by atoms with E-state index in [4.69, 9.17) is 0 Å². The second-order valence-corrected chi connectivity index (χ2v) is 2.06. The van der Waals surface area contributed by atoms with Gasteiger partial charge in [0.2, 0.25) is 0 Å². The summed E-state index contributed by atoms with van der Waals surface area (Å²) in [7, 11) is 0. The van der Waals surface area contributed by atoms with Crippen molar-refractivity contribution in [1.82, 2.24) is 15.0 Å². The Morgan fingerprint density at radius 3 is 1.46 bits per heavy atom. The summed E-state index contributed by atoms with van der Waals surface area (Å²) in [6.45, 7) is 5.54. The Bertz CT molecular complexity index is 333. The third-order valence-electron chi connectivity index (χ3n) is 0.970. The zero-order valence-corrected chi connectivity index (χ0v) is 7.22. The van der Waals surface area contributed by atoms with Crippen LogP contribution in [0.3, 0.4) is 0 Å². The molecule has 1 rings (SSSR count). The lowest BCUT2D eigenvalue weighted by Gasteiger charge is -1.77. The summed E-state index contributed by atoms with van der Waals surface area (Å²) in [6.07, 6.45) is 2.96. The van der Waals surface area contributed by atoms with Crippen LogP contribution in [0.15, 0.2) is 27.0 Å². The maximum atomic E-state index is 10.2. The maximum Gasteiger partial charge on any atom is 0.330 e. The first kappa shape index (κ1) is 11.2. The van der Waals surface area contributed by atoms with E-state index in [0.29, 0.717) is 0 Å². The van der Waals surface area contributed by atoms with Gasteiger partial charge in [0.25, 0.3) is 0 Å². The molecule has 6 nitrogen and oxygen atoms in total. The number of hydrogen-bond donors (Lipinski definition) is 3. The predicted molar refractivity (Wildman–Crippen MR) is 48.8 cm³/mol. The van der Waals surface area contributed by atoms with Crippen LogP contribution in [0.2, 0.25) is 0 Å². The number of allylic oxidation sites excluding steroid dienone is 1. The highest BCUT2D eigenvalue weighted by molar-refractivity contribution is 4.60. The molecule has 0 fully saturated rings. The molecule has 1 aromatic heterocycles. The Kier molecular flexibility index (Phi) is 4.94. The van der Waals surface area contributed by atoms with E-state index in [1.807, 2.05) is 6.08 Å². The van der Waals surface area contributed by atoms with Crippen molar-refractivity contribution in [2.45, 2.75) is 13.3 Å². The van der Waals surface area contributed by atoms with E-state index < -0.39 is 17.1 Å². The van der Waals surface area contributed by atoms with Crippen molar-refractivity contribution in [3.05, 3.63) is 44.1 Å². The third-order valence-corrected chi connectivity index (χ3v) is 0.970. The molecule has 72 valence electrons. The van der Waals surface area contributed by atoms with Gasteiger partial charge in [0, 0.05) is 0 Å². The minimum absolute atomic E-state index is 0.802. The molecule has 0 aliphatic carbocycles. The summed E-state index contributed by atoms with van der Waals surface area (Å²) in [5, 5.41) is 0. The Balaban J connectivity index is 0.000000310. The van der Waals surface area contributed by atoms with Crippen LogP contribution in [0, 0.1) is 0 Å². The SMILES string of the molecule is C=CCC.O=c1[nH]c(=O)[nH]c(=O)[nH]1. The molecule has 0 aliphatic rings. The first-order valence-electron chi connectivity index (χ1n) is 3.64. The number of nitrogens with one attached hydrogen (secondary N) is 3. The maximum absolute atomic E-state index is 10.2. The van der Waals surface area contributed by atoms with Gasteiger partial charge in [-0.15, -0.1) is 6.58 Å². The van der Waals surface area contributed by atoms with Crippen molar-refractivity contribution in [1.29, 1.82) is 0 Å². The molecule has 3 N–H and O–H groups in total. The summed E-state index contributed by atoms with van der Waals surface area (Å²) in [5.74, 6) is 0. The van der Waals surface area contributed by atoms with Crippen LogP contribution < -0.4 is 17.1 Å². The molecule has 0 unspecified atom stereocenters. The van der Waals surface area contributed by atoms with Crippen molar-refractivity contribution in [2.24, 2.45) is 0 Å². The molecule has 0 atom stereocenters. The lowest BCUT2D eigenvalue weighted by molar-refractivity contribution is 0.888. The number of hydrogen-bond acceptors (Lipinski definition) is 3. The first-order chi connectivity index (χ1) is 6.10. The molecule has 0 amide bonds. The van der Waals surface area contributed by atoms with Crippen LogP contribution in [-0.2, 0) is 0 Å². The molecule has 0 radical (unpaired) electrons. The predicted octanol–water partition coefficient (Wildman–Crippen LogP) is -0.666. The van der Waals surface area contributed by atoms with Gasteiger partial charge in [-0.05, 0) is 6.42 Å². The van der Waals surface area contributed by atoms with Crippen molar-refractivity contribution in [3.8, 4) is 0 Å². The van der Waals surface area contributed by atoms with Crippen LogP contribution in [0.1, 0.15) is 13.3 Å². The van der Waals surface area contributed by atoms with Gasteiger partial charge in [-0.3, -0.25) is 15.0 Å². The van der Waals surface area contributed by atoms with E-state index in [9.17, 15) is 14.4 Å². The van der Waals surface area contributed by atoms with E-state index in [2.05, 4.69) is 13.5 Å². The fourth-order valence-electron chi connectivity index (χ4n) is 0.403. The lowest BCUT2D eigenvalue weighted by atomic mass is 10.5. The molecule has 13 heavy (non-hydrogen) atoms. The van der Waals surface area contributed by atoms with Gasteiger partial charge >= 0.3 is 17.1 Å². The summed E-state index contributed by atoms with van der Waals surface area (Å²) >= 11 is 0. The van der Waals surface area contributed by atoms with Crippen LogP contribution in [0.25, 0.3) is 0 Å². The van der Waals surface area contributed by atoms with Crippen LogP contribution >= 0.6 is 0 Å². The number of aromatic nitrogens is 3. The van der Waals surface area contributed by atoms with Crippen molar-refractivity contribution >= 4 is 0 Å². The zero-order valence-electron chi connectivity index (χ0n) is 7.22. The average Bonchev–Trinajstić information content (AvgIpc) is 2.02. The van der Waals surface area contributed by atoms with Gasteiger partial charge in [-0.25, -0.2) is 14.4 Å². The fraction of sp³-hybridized carbons (Fsp3) is 0.286. The molecule has 1 aromatic rings. The van der Waals surface area contributed by atoms with E-state index >= 15 is 0 Å². The molecular weight excluding hydrogens is 174 g/mol. The summed E-state index contributed by atoms with van der Waals surface area (Å²) < 4.78 is 0. The first-order valence-corrected chi connectivity index (χ1v) is 3.64. The second-order valence-electron chi connectivity index (χ2n) is 2.06. The van der Waals surface area contributed by atoms with E-state index in [1.165, 1.54) is 0 Å². The van der Waals surface area contributed by atoms with E-state index in [-0.39, 0.29) is 0 Å². The van der Waals surface area contributed by atoms with Gasteiger partial charge in [-0.2, -0.15) is 0 Å². The minimum Gasteiger partial charge on any atom is -0.259 e. The minimum atomic E-state index is -0.802. The molecule has 0 spiro atoms. The molecule has 0 aromatic carbocycles. The van der Waals surface area contributed by atoms with E-state index in [1.54, 1.807) is 15.0 Å². The van der Waals surface area contributed by atoms with Crippen LogP contribution in [-0.4, -0.2) is 15.0 Å². The molecule has 0 bridgehead atoms. The molecule has 0 aliphatic heterocycles. The van der Waals surface area contributed by atoms with Gasteiger partial charge < -0.3 is 0 Å². The molecule has 0 saturated heterocycles. The van der Waals surface area contributed by atoms with Crippen molar-refractivity contribution < 1.29 is 0 Å². The van der Waals surface area contributed by atoms with Gasteiger partial charge in [0.1, 0.15) is 0 Å². The monoisotopic (exact) mass is 185 g/mol. The standard InChI is InChI=1S/C4H8.C3H3N3O3/c1-3-4-2;7-1-4-2(8)6-3(9)5-1/h3H,1,4H2,2H3;(H3,4,5,6,7,8,9). The summed E-state index contributed by atoms with van der Waals surface area (Å²) in [5.41, 5.74) is -2.41. The Hall–Kier alpha value is -1.85. The Labute approximate surface area is 73.4 Å². The van der Waals surface area contributed by atoms with E-state index in [0.717, 1.165) is 6.42 Å². The molecular formula is C7H11N3O3. The van der Waals surface area contributed by atoms with Crippen molar-refractivity contribution in [3.63, 3.8) is 0 Å². The smallest absolute Gasteiger partial charge is 0.259 e. The van der Waals surface area contributed by atoms with Crippen LogP contribution in [0.4, 0.5) is 0 Å². The lowest BCUT2D eigenvalue weighted by Crippen LogP contribution is -2.34. The summed E-state index contributed by atoms with van der Waals surface area (Å²) in [6, 6.07) is 0. The van der Waals surface area contributed by atoms with Gasteiger partial charge in [0.05, 0.1) is 0 Å². The third kappa shape index (κ3) is 5.42. The van der Waals surface area contributed by atoms with Gasteiger partial charge in [0.15, 0.2) is 0 Å². The Morgan fingerprint density at radius 2 is 1.31 bits per heavy atom. The Morgan fingerprint density at radius 1 is 1.08 bits per heavy atom. The zero-order chi connectivity index (χ0) is 10.3. The molecule has 6 heteroatoms. The number of aromatic amines is 3. The highest BCUT2D eigenvalue weighted by Crippen LogP contribution is 1.66. The normalized spacial score (nSPS) is 8.38. The summed E-state index contributed by atoms with van der Waals surface area (Å²) in [4.78, 5) is 35.9. The average molecular weight is 185 g/mol. The topological polar surface area (TPSA) is 98.6 Å². The van der Waals surface area contributed by atoms with Gasteiger partial charge in [-0.1, -0.05) is 13.0 Å². The highest BCUT2D eigenvalue weighted by Gasteiger charge is 1.84. The molecule has 1 heterocycles. The fourth-order valence-corrected chi connectivity index (χ4v) is 0.403. The largest absolute Gasteiger partial charge is 0.330 e. The number of H-pyrrole nitrogens is 3. The quantitative estimate of drug-likeness (QED) is 0.506. The second kappa shape index (κ2) is 5.76. The molecule has 0 saturated carbocycles. The highest BCUT2D eigenvalue weighted by atomic mass is 16.2. The van der Waals surface area contributed by atoms with Crippen molar-refractivity contribution in [2.75, 3.05) is 0 Å².